The molecule has 0 bridgehead atoms. The van der Waals surface area contributed by atoms with Crippen LogP contribution < -0.4 is 10.6 Å². The number of hydrogen-bond donors (Lipinski definition) is 3. The molecule has 2 amide bonds. The maximum Gasteiger partial charge on any atom is 0.408 e. The molecule has 4 rings (SSSR count). The number of alkyl carbamates (subject to hydrolysis) is 1. The van der Waals surface area contributed by atoms with Gasteiger partial charge in [-0.05, 0) is 41.2 Å². The van der Waals surface area contributed by atoms with Gasteiger partial charge in [-0.25, -0.2) is 9.59 Å². The Labute approximate surface area is 204 Å². The second-order valence-corrected chi connectivity index (χ2v) is 8.71. The van der Waals surface area contributed by atoms with Gasteiger partial charge in [0.05, 0.1) is 0 Å². The fourth-order valence-corrected chi connectivity index (χ4v) is 4.51. The molecule has 0 radical (unpaired) electrons. The third-order valence-corrected chi connectivity index (χ3v) is 6.51. The first-order valence-corrected chi connectivity index (χ1v) is 11.6. The quantitative estimate of drug-likeness (QED) is 0.450. The number of amides is 2. The smallest absolute Gasteiger partial charge is 0.408 e. The number of fused-ring (bicyclic) bond motifs is 3. The summed E-state index contributed by atoms with van der Waals surface area (Å²) < 4.78 is 5.64. The molecular formula is C28H28N2O5. The summed E-state index contributed by atoms with van der Waals surface area (Å²) in [5.41, 5.74) is 3.36. The standard InChI is InChI=1S/C28H28N2O5/c1-3-24(25(31)32)29-26(33)28(2,18-11-5-4-6-12-18)30-27(34)35-17-23-21-15-9-7-13-19(21)20-14-8-10-16-22(20)23/h4-16,23-24H,3,17H2,1-2H3,(H,29,33)(H,30,34)(H,31,32). The zero-order chi connectivity index (χ0) is 25.0. The maximum atomic E-state index is 13.2. The van der Waals surface area contributed by atoms with E-state index in [0.717, 1.165) is 22.3 Å². The molecule has 3 aromatic carbocycles. The summed E-state index contributed by atoms with van der Waals surface area (Å²) in [6.07, 6.45) is -0.562. The third-order valence-electron chi connectivity index (χ3n) is 6.51. The van der Waals surface area contributed by atoms with Crippen LogP contribution in [0.2, 0.25) is 0 Å². The molecule has 35 heavy (non-hydrogen) atoms. The first-order valence-electron chi connectivity index (χ1n) is 11.6. The number of ether oxygens (including phenoxy) is 1. The molecule has 0 aliphatic heterocycles. The number of carbonyl (C=O) groups is 3. The number of nitrogens with one attached hydrogen (secondary N) is 2. The van der Waals surface area contributed by atoms with E-state index in [0.29, 0.717) is 5.56 Å². The Morgan fingerprint density at radius 2 is 1.46 bits per heavy atom. The SMILES string of the molecule is CCC(NC(=O)C(C)(NC(=O)OCC1c2ccccc2-c2ccccc21)c1ccccc1)C(=O)O. The van der Waals surface area contributed by atoms with Crippen molar-refractivity contribution in [3.63, 3.8) is 0 Å². The van der Waals surface area contributed by atoms with Crippen molar-refractivity contribution in [1.82, 2.24) is 10.6 Å². The number of hydrogen-bond acceptors (Lipinski definition) is 4. The van der Waals surface area contributed by atoms with Crippen molar-refractivity contribution in [3.05, 3.63) is 95.6 Å². The Morgan fingerprint density at radius 3 is 2.00 bits per heavy atom. The summed E-state index contributed by atoms with van der Waals surface area (Å²) in [5, 5.41) is 14.6. The van der Waals surface area contributed by atoms with Crippen LogP contribution in [0.5, 0.6) is 0 Å². The van der Waals surface area contributed by atoms with Crippen LogP contribution in [0.15, 0.2) is 78.9 Å². The van der Waals surface area contributed by atoms with E-state index in [1.165, 1.54) is 6.92 Å². The lowest BCUT2D eigenvalue weighted by molar-refractivity contribution is -0.143. The Hall–Kier alpha value is -4.13. The number of carboxylic acids is 1. The largest absolute Gasteiger partial charge is 0.480 e. The van der Waals surface area contributed by atoms with Crippen molar-refractivity contribution in [2.24, 2.45) is 0 Å². The highest BCUT2D eigenvalue weighted by molar-refractivity contribution is 5.93. The molecule has 0 saturated carbocycles. The molecule has 1 aliphatic carbocycles. The van der Waals surface area contributed by atoms with E-state index in [2.05, 4.69) is 22.8 Å². The van der Waals surface area contributed by atoms with Gasteiger partial charge in [-0.3, -0.25) is 4.79 Å². The lowest BCUT2D eigenvalue weighted by atomic mass is 9.90. The maximum absolute atomic E-state index is 13.2. The van der Waals surface area contributed by atoms with Gasteiger partial charge >= 0.3 is 12.1 Å². The van der Waals surface area contributed by atoms with E-state index in [4.69, 9.17) is 4.74 Å². The lowest BCUT2D eigenvalue weighted by Crippen LogP contribution is -2.57. The molecule has 0 spiro atoms. The lowest BCUT2D eigenvalue weighted by Gasteiger charge is -2.31. The number of aliphatic carboxylic acids is 1. The predicted octanol–water partition coefficient (Wildman–Crippen LogP) is 4.42. The van der Waals surface area contributed by atoms with Gasteiger partial charge < -0.3 is 20.5 Å². The number of carbonyl (C=O) groups excluding carboxylic acids is 2. The molecule has 7 heteroatoms. The van der Waals surface area contributed by atoms with Gasteiger partial charge in [0.15, 0.2) is 0 Å². The predicted molar refractivity (Wildman–Crippen MR) is 132 cm³/mol. The van der Waals surface area contributed by atoms with E-state index < -0.39 is 29.6 Å². The van der Waals surface area contributed by atoms with E-state index in [-0.39, 0.29) is 18.9 Å². The van der Waals surface area contributed by atoms with Crippen LogP contribution in [0.3, 0.4) is 0 Å². The molecule has 3 N–H and O–H groups in total. The minimum absolute atomic E-state index is 0.0963. The van der Waals surface area contributed by atoms with Crippen molar-refractivity contribution in [2.45, 2.75) is 37.8 Å². The van der Waals surface area contributed by atoms with Crippen LogP contribution in [0, 0.1) is 0 Å². The van der Waals surface area contributed by atoms with Crippen LogP contribution >= 0.6 is 0 Å². The number of benzene rings is 3. The Kier molecular flexibility index (Phi) is 6.87. The molecule has 2 unspecified atom stereocenters. The van der Waals surface area contributed by atoms with Crippen molar-refractivity contribution >= 4 is 18.0 Å². The average Bonchev–Trinajstić information content (AvgIpc) is 3.19. The molecule has 1 aliphatic rings. The minimum atomic E-state index is -1.54. The Bertz CT molecular complexity index is 1200. The normalized spacial score (nSPS) is 14.7. The van der Waals surface area contributed by atoms with Crippen LogP contribution in [0.1, 0.15) is 42.9 Å². The van der Waals surface area contributed by atoms with Crippen LogP contribution in [0.25, 0.3) is 11.1 Å². The molecule has 0 fully saturated rings. The zero-order valence-electron chi connectivity index (χ0n) is 19.7. The van der Waals surface area contributed by atoms with Gasteiger partial charge in [0, 0.05) is 5.92 Å². The number of carboxylic acid groups (broad SMARTS) is 1. The molecule has 0 aromatic heterocycles. The molecule has 2 atom stereocenters. The van der Waals surface area contributed by atoms with E-state index in [9.17, 15) is 19.5 Å². The van der Waals surface area contributed by atoms with Gasteiger partial charge in [0.1, 0.15) is 18.2 Å². The summed E-state index contributed by atoms with van der Waals surface area (Å²) in [4.78, 5) is 37.7. The van der Waals surface area contributed by atoms with Crippen molar-refractivity contribution in [3.8, 4) is 11.1 Å². The summed E-state index contributed by atoms with van der Waals surface area (Å²) in [7, 11) is 0. The van der Waals surface area contributed by atoms with Gasteiger partial charge in [-0.2, -0.15) is 0 Å². The van der Waals surface area contributed by atoms with E-state index in [1.807, 2.05) is 36.4 Å². The van der Waals surface area contributed by atoms with Crippen LogP contribution in [-0.2, 0) is 19.9 Å². The second kappa shape index (κ2) is 10.0. The topological polar surface area (TPSA) is 105 Å². The van der Waals surface area contributed by atoms with Crippen molar-refractivity contribution < 1.29 is 24.2 Å². The average molecular weight is 473 g/mol. The summed E-state index contributed by atoms with van der Waals surface area (Å²) >= 11 is 0. The van der Waals surface area contributed by atoms with Gasteiger partial charge in [0.2, 0.25) is 0 Å². The minimum Gasteiger partial charge on any atom is -0.480 e. The molecule has 0 heterocycles. The van der Waals surface area contributed by atoms with Gasteiger partial charge in [-0.15, -0.1) is 0 Å². The molecule has 3 aromatic rings. The van der Waals surface area contributed by atoms with Crippen LogP contribution in [0.4, 0.5) is 4.79 Å². The van der Waals surface area contributed by atoms with Crippen molar-refractivity contribution in [2.75, 3.05) is 6.61 Å². The second-order valence-electron chi connectivity index (χ2n) is 8.71. The van der Waals surface area contributed by atoms with Gasteiger partial charge in [0.25, 0.3) is 5.91 Å². The van der Waals surface area contributed by atoms with Crippen molar-refractivity contribution in [1.29, 1.82) is 0 Å². The molecule has 7 nitrogen and oxygen atoms in total. The molecular weight excluding hydrogens is 444 g/mol. The first-order chi connectivity index (χ1) is 16.8. The highest BCUT2D eigenvalue weighted by Gasteiger charge is 2.39. The van der Waals surface area contributed by atoms with Crippen LogP contribution in [-0.4, -0.2) is 35.7 Å². The highest BCUT2D eigenvalue weighted by Crippen LogP contribution is 2.44. The monoisotopic (exact) mass is 472 g/mol. The Balaban J connectivity index is 1.53. The molecule has 180 valence electrons. The Morgan fingerprint density at radius 1 is 0.914 bits per heavy atom. The zero-order valence-corrected chi connectivity index (χ0v) is 19.7. The number of rotatable bonds is 8. The summed E-state index contributed by atoms with van der Waals surface area (Å²) in [6.45, 7) is 3.30. The summed E-state index contributed by atoms with van der Waals surface area (Å²) in [6, 6.07) is 23.7. The van der Waals surface area contributed by atoms with E-state index >= 15 is 0 Å². The molecule has 0 saturated heterocycles. The fraction of sp³-hybridized carbons (Fsp3) is 0.250. The van der Waals surface area contributed by atoms with E-state index in [1.54, 1.807) is 37.3 Å². The fourth-order valence-electron chi connectivity index (χ4n) is 4.51. The summed E-state index contributed by atoms with van der Waals surface area (Å²) in [5.74, 6) is -1.90. The highest BCUT2D eigenvalue weighted by atomic mass is 16.5. The third kappa shape index (κ3) is 4.75. The van der Waals surface area contributed by atoms with Gasteiger partial charge in [-0.1, -0.05) is 85.8 Å². The first kappa shape index (κ1) is 24.0.